The highest BCUT2D eigenvalue weighted by atomic mass is 16.5. The van der Waals surface area contributed by atoms with Gasteiger partial charge in [-0.25, -0.2) is 0 Å². The van der Waals surface area contributed by atoms with E-state index in [0.717, 1.165) is 18.2 Å². The molecule has 3 heteroatoms. The minimum Gasteiger partial charge on any atom is -0.497 e. The Balaban J connectivity index is 1.65. The summed E-state index contributed by atoms with van der Waals surface area (Å²) in [5, 5.41) is 0. The summed E-state index contributed by atoms with van der Waals surface area (Å²) in [6, 6.07) is 6.70. The number of benzene rings is 1. The molecule has 28 heavy (non-hydrogen) atoms. The minimum atomic E-state index is 0.266. The van der Waals surface area contributed by atoms with Crippen LogP contribution in [-0.4, -0.2) is 45.2 Å². The van der Waals surface area contributed by atoms with Gasteiger partial charge in [0.2, 0.25) is 0 Å². The molecular weight excluding hydrogens is 344 g/mol. The van der Waals surface area contributed by atoms with Gasteiger partial charge in [-0.05, 0) is 68.7 Å². The maximum atomic E-state index is 5.51. The van der Waals surface area contributed by atoms with Gasteiger partial charge < -0.3 is 14.5 Å². The van der Waals surface area contributed by atoms with Crippen LogP contribution in [0.2, 0.25) is 0 Å². The lowest BCUT2D eigenvalue weighted by atomic mass is 9.73. The summed E-state index contributed by atoms with van der Waals surface area (Å²) in [4.78, 5) is 5.13. The van der Waals surface area contributed by atoms with Crippen LogP contribution in [-0.2, 0) is 5.41 Å². The monoisotopic (exact) mass is 386 g/mol. The first-order chi connectivity index (χ1) is 13.6. The summed E-state index contributed by atoms with van der Waals surface area (Å²) < 4.78 is 5.51. The molecule has 1 saturated heterocycles. The van der Waals surface area contributed by atoms with Crippen LogP contribution in [0, 0.1) is 5.92 Å². The van der Waals surface area contributed by atoms with E-state index in [0.29, 0.717) is 0 Å². The van der Waals surface area contributed by atoms with Crippen molar-refractivity contribution in [2.75, 3.05) is 45.2 Å². The molecule has 0 bridgehead atoms. The van der Waals surface area contributed by atoms with Crippen LogP contribution in [0.15, 0.2) is 18.2 Å². The van der Waals surface area contributed by atoms with E-state index in [1.165, 1.54) is 88.7 Å². The Kier molecular flexibility index (Phi) is 7.68. The van der Waals surface area contributed by atoms with Crippen LogP contribution in [0.3, 0.4) is 0 Å². The number of anilines is 1. The molecule has 0 unspecified atom stereocenters. The van der Waals surface area contributed by atoms with Crippen LogP contribution in [0.4, 0.5) is 5.69 Å². The molecular formula is C25H42N2O. The fraction of sp³-hybridized carbons (Fsp3) is 0.760. The van der Waals surface area contributed by atoms with Gasteiger partial charge in [0.15, 0.2) is 0 Å². The van der Waals surface area contributed by atoms with Gasteiger partial charge in [0.25, 0.3) is 0 Å². The van der Waals surface area contributed by atoms with Crippen molar-refractivity contribution in [3.63, 3.8) is 0 Å². The zero-order valence-corrected chi connectivity index (χ0v) is 18.8. The molecule has 3 rings (SSSR count). The first kappa shape index (κ1) is 21.5. The molecule has 3 nitrogen and oxygen atoms in total. The molecule has 0 spiro atoms. The molecule has 2 aliphatic rings. The third-order valence-corrected chi connectivity index (χ3v) is 7.44. The summed E-state index contributed by atoms with van der Waals surface area (Å²) >= 11 is 0. The lowest BCUT2D eigenvalue weighted by Gasteiger charge is -2.42. The highest BCUT2D eigenvalue weighted by Gasteiger charge is 2.34. The number of hydrogen-bond donors (Lipinski definition) is 0. The molecule has 0 amide bonds. The maximum Gasteiger partial charge on any atom is 0.120 e. The summed E-state index contributed by atoms with van der Waals surface area (Å²) in [7, 11) is 3.96. The number of methoxy groups -OCH3 is 1. The Morgan fingerprint density at radius 1 is 1.07 bits per heavy atom. The van der Waals surface area contributed by atoms with Crippen LogP contribution >= 0.6 is 0 Å². The third kappa shape index (κ3) is 5.23. The van der Waals surface area contributed by atoms with Crippen molar-refractivity contribution in [1.29, 1.82) is 0 Å². The number of likely N-dealkylation sites (tertiary alicyclic amines) is 1. The van der Waals surface area contributed by atoms with E-state index >= 15 is 0 Å². The van der Waals surface area contributed by atoms with Gasteiger partial charge in [-0.3, -0.25) is 0 Å². The lowest BCUT2D eigenvalue weighted by Crippen LogP contribution is -2.43. The number of nitrogens with zero attached hydrogens (tertiary/aromatic N) is 2. The molecule has 1 aromatic rings. The van der Waals surface area contributed by atoms with Crippen molar-refractivity contribution in [3.8, 4) is 5.75 Å². The molecule has 0 aromatic heterocycles. The highest BCUT2D eigenvalue weighted by Crippen LogP contribution is 2.41. The van der Waals surface area contributed by atoms with E-state index in [1.54, 1.807) is 7.11 Å². The fourth-order valence-corrected chi connectivity index (χ4v) is 5.22. The topological polar surface area (TPSA) is 15.7 Å². The normalized spacial score (nSPS) is 21.7. The molecule has 1 heterocycles. The van der Waals surface area contributed by atoms with Crippen molar-refractivity contribution in [3.05, 3.63) is 23.8 Å². The first-order valence-corrected chi connectivity index (χ1v) is 11.7. The van der Waals surface area contributed by atoms with Crippen molar-refractivity contribution in [2.24, 2.45) is 5.92 Å². The Bertz CT molecular complexity index is 599. The van der Waals surface area contributed by atoms with Gasteiger partial charge in [0, 0.05) is 31.9 Å². The number of piperidine rings is 1. The predicted octanol–water partition coefficient (Wildman–Crippen LogP) is 5.87. The van der Waals surface area contributed by atoms with Crippen molar-refractivity contribution in [2.45, 2.75) is 77.0 Å². The van der Waals surface area contributed by atoms with Gasteiger partial charge in [-0.2, -0.15) is 0 Å². The molecule has 0 N–H and O–H groups in total. The quantitative estimate of drug-likeness (QED) is 0.608. The Hall–Kier alpha value is -1.22. The van der Waals surface area contributed by atoms with Crippen LogP contribution in [0.1, 0.15) is 77.2 Å². The predicted molar refractivity (Wildman–Crippen MR) is 121 cm³/mol. The van der Waals surface area contributed by atoms with Crippen molar-refractivity contribution >= 4 is 5.69 Å². The van der Waals surface area contributed by atoms with Gasteiger partial charge in [0.05, 0.1) is 7.11 Å². The van der Waals surface area contributed by atoms with Crippen LogP contribution in [0.25, 0.3) is 0 Å². The smallest absolute Gasteiger partial charge is 0.120 e. The summed E-state index contributed by atoms with van der Waals surface area (Å²) in [5.41, 5.74) is 3.11. The Labute approximate surface area is 173 Å². The number of hydrogen-bond acceptors (Lipinski definition) is 3. The zero-order valence-electron chi connectivity index (χ0n) is 18.8. The van der Waals surface area contributed by atoms with E-state index in [-0.39, 0.29) is 5.41 Å². The van der Waals surface area contributed by atoms with Gasteiger partial charge in [-0.1, -0.05) is 45.1 Å². The summed E-state index contributed by atoms with van der Waals surface area (Å²) in [6.45, 7) is 9.55. The first-order valence-electron chi connectivity index (χ1n) is 11.7. The molecule has 0 atom stereocenters. The third-order valence-electron chi connectivity index (χ3n) is 7.44. The summed E-state index contributed by atoms with van der Waals surface area (Å²) in [5.74, 6) is 1.90. The summed E-state index contributed by atoms with van der Waals surface area (Å²) in [6.07, 6.45) is 12.7. The molecule has 1 saturated carbocycles. The van der Waals surface area contributed by atoms with Crippen LogP contribution in [0.5, 0.6) is 5.75 Å². The minimum absolute atomic E-state index is 0.266. The SMILES string of the molecule is CCN(C)c1cc(OC)ccc1C1(C)CCN(CC2CCCCCCC2)CC1. The number of rotatable bonds is 6. The molecule has 0 radical (unpaired) electrons. The molecule has 1 aliphatic carbocycles. The molecule has 158 valence electrons. The zero-order chi connectivity index (χ0) is 20.0. The van der Waals surface area contributed by atoms with E-state index in [2.05, 4.69) is 48.9 Å². The average molecular weight is 387 g/mol. The lowest BCUT2D eigenvalue weighted by molar-refractivity contribution is 0.138. The standard InChI is InChI=1S/C25H42N2O/c1-5-26(3)24-19-22(28-4)13-14-23(24)25(2)15-17-27(18-16-25)20-21-11-9-7-6-8-10-12-21/h13-14,19,21H,5-12,15-18,20H2,1-4H3. The number of ether oxygens (including phenoxy) is 1. The van der Waals surface area contributed by atoms with Gasteiger partial charge in [-0.15, -0.1) is 0 Å². The van der Waals surface area contributed by atoms with Crippen LogP contribution < -0.4 is 9.64 Å². The second kappa shape index (κ2) is 10.0. The molecule has 1 aliphatic heterocycles. The fourth-order valence-electron chi connectivity index (χ4n) is 5.22. The second-order valence-electron chi connectivity index (χ2n) is 9.47. The van der Waals surface area contributed by atoms with Crippen molar-refractivity contribution in [1.82, 2.24) is 4.90 Å². The second-order valence-corrected chi connectivity index (χ2v) is 9.47. The van der Waals surface area contributed by atoms with E-state index in [1.807, 2.05) is 0 Å². The molecule has 2 fully saturated rings. The Morgan fingerprint density at radius 3 is 2.32 bits per heavy atom. The van der Waals surface area contributed by atoms with E-state index in [4.69, 9.17) is 4.74 Å². The van der Waals surface area contributed by atoms with E-state index < -0.39 is 0 Å². The van der Waals surface area contributed by atoms with Gasteiger partial charge in [0.1, 0.15) is 5.75 Å². The Morgan fingerprint density at radius 2 is 1.71 bits per heavy atom. The van der Waals surface area contributed by atoms with E-state index in [9.17, 15) is 0 Å². The highest BCUT2D eigenvalue weighted by molar-refractivity contribution is 5.59. The molecule has 1 aromatic carbocycles. The van der Waals surface area contributed by atoms with Gasteiger partial charge >= 0.3 is 0 Å². The maximum absolute atomic E-state index is 5.51. The average Bonchev–Trinajstić information content (AvgIpc) is 2.70. The largest absolute Gasteiger partial charge is 0.497 e. The van der Waals surface area contributed by atoms with Crippen molar-refractivity contribution < 1.29 is 4.74 Å².